The number of hydrogen-bond acceptors (Lipinski definition) is 8. The Balaban J connectivity index is 1.40. The van der Waals surface area contributed by atoms with Crippen LogP contribution in [0.4, 0.5) is 4.39 Å². The molecule has 0 bridgehead atoms. The van der Waals surface area contributed by atoms with E-state index in [0.29, 0.717) is 13.0 Å². The molecule has 38 heavy (non-hydrogen) atoms. The van der Waals surface area contributed by atoms with Crippen LogP contribution >= 0.6 is 0 Å². The Morgan fingerprint density at radius 3 is 2.42 bits per heavy atom. The molecule has 2 aliphatic heterocycles. The molecule has 2 aliphatic carbocycles. The highest BCUT2D eigenvalue weighted by Gasteiger charge is 2.43. The lowest BCUT2D eigenvalue weighted by atomic mass is 9.65. The first-order valence-corrected chi connectivity index (χ1v) is 14.9. The van der Waals surface area contributed by atoms with Crippen molar-refractivity contribution in [2.75, 3.05) is 26.7 Å². The summed E-state index contributed by atoms with van der Waals surface area (Å²) in [6.07, 6.45) is 9.99. The highest BCUT2D eigenvalue weighted by atomic mass is 19.1. The summed E-state index contributed by atoms with van der Waals surface area (Å²) >= 11 is 0. The molecule has 2 saturated carbocycles. The van der Waals surface area contributed by atoms with Crippen molar-refractivity contribution in [3.63, 3.8) is 0 Å². The SMILES string of the molecule is COC(=O)C1CCC(OC2CCNCC2NC(=O)C(C(N)N)C2CC3(CCCCC3)CCC(F)CN2)CC1. The fourth-order valence-corrected chi connectivity index (χ4v) is 7.39. The number of amides is 1. The third kappa shape index (κ3) is 7.65. The van der Waals surface area contributed by atoms with Gasteiger partial charge in [0.25, 0.3) is 0 Å². The second-order valence-electron chi connectivity index (χ2n) is 12.3. The second kappa shape index (κ2) is 13.8. The van der Waals surface area contributed by atoms with Crippen LogP contribution in [0.3, 0.4) is 0 Å². The number of rotatable bonds is 7. The third-order valence-corrected chi connectivity index (χ3v) is 9.63. The van der Waals surface area contributed by atoms with Gasteiger partial charge in [0.15, 0.2) is 0 Å². The van der Waals surface area contributed by atoms with Crippen molar-refractivity contribution in [3.8, 4) is 0 Å². The predicted molar refractivity (Wildman–Crippen MR) is 144 cm³/mol. The van der Waals surface area contributed by atoms with Crippen molar-refractivity contribution in [3.05, 3.63) is 0 Å². The molecule has 0 radical (unpaired) electrons. The van der Waals surface area contributed by atoms with E-state index in [9.17, 15) is 14.0 Å². The Kier molecular flexibility index (Phi) is 10.8. The van der Waals surface area contributed by atoms with Gasteiger partial charge in [-0.05, 0) is 76.2 Å². The van der Waals surface area contributed by atoms with Crippen molar-refractivity contribution in [1.82, 2.24) is 16.0 Å². The zero-order chi connectivity index (χ0) is 27.1. The molecule has 0 aromatic rings. The van der Waals surface area contributed by atoms with Crippen molar-refractivity contribution in [1.29, 1.82) is 0 Å². The number of esters is 1. The van der Waals surface area contributed by atoms with Gasteiger partial charge in [-0.15, -0.1) is 0 Å². The predicted octanol–water partition coefficient (Wildman–Crippen LogP) is 1.87. The summed E-state index contributed by atoms with van der Waals surface area (Å²) in [4.78, 5) is 25.6. The minimum absolute atomic E-state index is 0.0508. The number of carbonyl (C=O) groups is 2. The second-order valence-corrected chi connectivity index (χ2v) is 12.3. The number of nitrogens with two attached hydrogens (primary N) is 2. The van der Waals surface area contributed by atoms with Gasteiger partial charge in [0.2, 0.25) is 5.91 Å². The summed E-state index contributed by atoms with van der Waals surface area (Å²) < 4.78 is 26.1. The molecule has 0 aromatic carbocycles. The molecular weight excluding hydrogens is 489 g/mol. The summed E-state index contributed by atoms with van der Waals surface area (Å²) in [5, 5.41) is 9.95. The van der Waals surface area contributed by atoms with Crippen molar-refractivity contribution in [2.45, 2.75) is 120 Å². The number of hydrogen-bond donors (Lipinski definition) is 5. The summed E-state index contributed by atoms with van der Waals surface area (Å²) in [5.41, 5.74) is 12.5. The van der Waals surface area contributed by atoms with E-state index in [2.05, 4.69) is 16.0 Å². The van der Waals surface area contributed by atoms with Gasteiger partial charge in [-0.3, -0.25) is 9.59 Å². The van der Waals surface area contributed by atoms with E-state index < -0.39 is 18.3 Å². The molecule has 9 nitrogen and oxygen atoms in total. The molecule has 5 unspecified atom stereocenters. The van der Waals surface area contributed by atoms with Crippen LogP contribution in [0.1, 0.15) is 83.5 Å². The fraction of sp³-hybridized carbons (Fsp3) is 0.929. The molecule has 7 N–H and O–H groups in total. The van der Waals surface area contributed by atoms with E-state index in [-0.39, 0.29) is 54.0 Å². The number of halogens is 1. The van der Waals surface area contributed by atoms with Crippen LogP contribution in [-0.2, 0) is 19.1 Å². The number of nitrogens with one attached hydrogen (secondary N) is 3. The van der Waals surface area contributed by atoms with Gasteiger partial charge in [0, 0.05) is 19.1 Å². The molecule has 1 amide bonds. The van der Waals surface area contributed by atoms with Crippen LogP contribution in [0.25, 0.3) is 0 Å². The van der Waals surface area contributed by atoms with E-state index >= 15 is 0 Å². The Morgan fingerprint density at radius 1 is 1.00 bits per heavy atom. The van der Waals surface area contributed by atoms with Crippen molar-refractivity contribution >= 4 is 11.9 Å². The molecule has 2 saturated heterocycles. The number of carbonyl (C=O) groups excluding carboxylic acids is 2. The molecule has 0 aromatic heterocycles. The molecule has 2 heterocycles. The quantitative estimate of drug-likeness (QED) is 0.244. The van der Waals surface area contributed by atoms with Gasteiger partial charge in [0.05, 0.1) is 43.4 Å². The maximum Gasteiger partial charge on any atom is 0.308 e. The standard InChI is InChI=1S/C28H50FN5O4/c1-37-27(36)18-5-7-20(8-6-18)38-23-10-14-32-17-22(23)34-26(35)24(25(30)31)21-15-28(11-3-2-4-12-28)13-9-19(29)16-33-21/h18-25,32-33H,2-17,30-31H2,1H3,(H,34,35). The maximum atomic E-state index is 14.7. The van der Waals surface area contributed by atoms with E-state index in [0.717, 1.165) is 77.2 Å². The molecule has 4 fully saturated rings. The lowest BCUT2D eigenvalue weighted by Gasteiger charge is -2.45. The first kappa shape index (κ1) is 29.6. The highest BCUT2D eigenvalue weighted by molar-refractivity contribution is 5.80. The van der Waals surface area contributed by atoms with Crippen LogP contribution in [0, 0.1) is 17.3 Å². The van der Waals surface area contributed by atoms with Gasteiger partial charge < -0.3 is 36.9 Å². The van der Waals surface area contributed by atoms with Crippen molar-refractivity contribution in [2.24, 2.45) is 28.7 Å². The summed E-state index contributed by atoms with van der Waals surface area (Å²) in [6, 6.07) is -0.474. The summed E-state index contributed by atoms with van der Waals surface area (Å²) in [6.45, 7) is 1.65. The fourth-order valence-electron chi connectivity index (χ4n) is 7.39. The van der Waals surface area contributed by atoms with Gasteiger partial charge in [-0.1, -0.05) is 19.3 Å². The average molecular weight is 540 g/mol. The Bertz CT molecular complexity index is 772. The summed E-state index contributed by atoms with van der Waals surface area (Å²) in [7, 11) is 1.44. The monoisotopic (exact) mass is 539 g/mol. The average Bonchev–Trinajstić information content (AvgIpc) is 2.91. The zero-order valence-electron chi connectivity index (χ0n) is 23.1. The minimum Gasteiger partial charge on any atom is -0.469 e. The van der Waals surface area contributed by atoms with Crippen LogP contribution in [0.15, 0.2) is 0 Å². The smallest absolute Gasteiger partial charge is 0.308 e. The number of methoxy groups -OCH3 is 1. The highest BCUT2D eigenvalue weighted by Crippen LogP contribution is 2.46. The maximum absolute atomic E-state index is 14.7. The van der Waals surface area contributed by atoms with Crippen LogP contribution in [0.5, 0.6) is 0 Å². The van der Waals surface area contributed by atoms with E-state index in [1.807, 2.05) is 0 Å². The van der Waals surface area contributed by atoms with E-state index in [1.165, 1.54) is 13.5 Å². The third-order valence-electron chi connectivity index (χ3n) is 9.63. The van der Waals surface area contributed by atoms with Gasteiger partial charge in [0.1, 0.15) is 6.17 Å². The molecule has 218 valence electrons. The molecule has 10 heteroatoms. The molecule has 4 rings (SSSR count). The summed E-state index contributed by atoms with van der Waals surface area (Å²) in [5.74, 6) is -1.03. The van der Waals surface area contributed by atoms with Gasteiger partial charge in [-0.2, -0.15) is 0 Å². The zero-order valence-corrected chi connectivity index (χ0v) is 23.1. The first-order valence-electron chi connectivity index (χ1n) is 14.9. The Labute approximate surface area is 227 Å². The lowest BCUT2D eigenvalue weighted by Crippen LogP contribution is -2.62. The topological polar surface area (TPSA) is 141 Å². The minimum atomic E-state index is -0.927. The van der Waals surface area contributed by atoms with E-state index in [1.54, 1.807) is 0 Å². The van der Waals surface area contributed by atoms with Crippen molar-refractivity contribution < 1.29 is 23.5 Å². The number of alkyl halides is 1. The number of piperidine rings is 1. The molecule has 5 atom stereocenters. The van der Waals surface area contributed by atoms with Crippen LogP contribution < -0.4 is 27.4 Å². The van der Waals surface area contributed by atoms with Gasteiger partial charge in [-0.25, -0.2) is 4.39 Å². The van der Waals surface area contributed by atoms with Crippen LogP contribution in [-0.4, -0.2) is 75.2 Å². The number of ether oxygens (including phenoxy) is 2. The molecule has 4 aliphatic rings. The Hall–Kier alpha value is -1.33. The molecular formula is C28H50FN5O4. The largest absolute Gasteiger partial charge is 0.469 e. The normalized spacial score (nSPS) is 35.2. The Morgan fingerprint density at radius 2 is 1.74 bits per heavy atom. The van der Waals surface area contributed by atoms with Gasteiger partial charge >= 0.3 is 5.97 Å². The first-order chi connectivity index (χ1) is 18.3. The molecule has 1 spiro atoms. The lowest BCUT2D eigenvalue weighted by molar-refractivity contribution is -0.148. The van der Waals surface area contributed by atoms with Crippen LogP contribution in [0.2, 0.25) is 0 Å². The van der Waals surface area contributed by atoms with E-state index in [4.69, 9.17) is 20.9 Å².